The second kappa shape index (κ2) is 3.97. The Morgan fingerprint density at radius 3 is 2.56 bits per heavy atom. The average Bonchev–Trinajstić information content (AvgIpc) is 2.61. The van der Waals surface area contributed by atoms with Gasteiger partial charge in [-0.15, -0.1) is 0 Å². The van der Waals surface area contributed by atoms with Gasteiger partial charge in [-0.25, -0.2) is 9.78 Å². The van der Waals surface area contributed by atoms with Gasteiger partial charge in [-0.1, -0.05) is 28.1 Å². The van der Waals surface area contributed by atoms with Gasteiger partial charge in [0.2, 0.25) is 0 Å². The van der Waals surface area contributed by atoms with Crippen LogP contribution in [0.2, 0.25) is 0 Å². The van der Waals surface area contributed by atoms with E-state index in [1.807, 2.05) is 12.1 Å². The van der Waals surface area contributed by atoms with Crippen molar-refractivity contribution in [2.75, 3.05) is 5.73 Å². The summed E-state index contributed by atoms with van der Waals surface area (Å²) in [4.78, 5) is 17.4. The third kappa shape index (κ3) is 1.92. The highest BCUT2D eigenvalue weighted by molar-refractivity contribution is 9.10. The summed E-state index contributed by atoms with van der Waals surface area (Å²) in [6.07, 6.45) is 0. The van der Waals surface area contributed by atoms with Gasteiger partial charge < -0.3 is 15.8 Å². The summed E-state index contributed by atoms with van der Waals surface area (Å²) in [6, 6.07) is 7.16. The summed E-state index contributed by atoms with van der Waals surface area (Å²) >= 11 is 3.30. The highest BCUT2D eigenvalue weighted by Gasteiger charge is 2.16. The van der Waals surface area contributed by atoms with Crippen molar-refractivity contribution >= 4 is 27.8 Å². The molecule has 0 aliphatic carbocycles. The van der Waals surface area contributed by atoms with E-state index < -0.39 is 5.97 Å². The standard InChI is InChI=1S/C10H8BrN3O2/c11-6-3-1-5(2-4-6)7-8(9(15)16)14-10(12)13-7/h1-4H,(H,15,16)(H3,12,13,14). The molecular weight excluding hydrogens is 274 g/mol. The first-order valence-electron chi connectivity index (χ1n) is 4.42. The van der Waals surface area contributed by atoms with Crippen LogP contribution in [0.4, 0.5) is 5.95 Å². The van der Waals surface area contributed by atoms with Crippen LogP contribution < -0.4 is 5.73 Å². The van der Waals surface area contributed by atoms with Gasteiger partial charge in [0.1, 0.15) is 5.69 Å². The molecule has 0 fully saturated rings. The molecule has 2 aromatic rings. The predicted octanol–water partition coefficient (Wildman–Crippen LogP) is 2.12. The number of carboxylic acids is 1. The van der Waals surface area contributed by atoms with Crippen LogP contribution in [0.5, 0.6) is 0 Å². The number of hydrogen-bond acceptors (Lipinski definition) is 3. The van der Waals surface area contributed by atoms with Gasteiger partial charge >= 0.3 is 5.97 Å². The molecule has 1 aromatic heterocycles. The Kier molecular flexibility index (Phi) is 2.66. The van der Waals surface area contributed by atoms with Gasteiger partial charge in [0.15, 0.2) is 11.6 Å². The first-order chi connectivity index (χ1) is 7.58. The summed E-state index contributed by atoms with van der Waals surface area (Å²) in [6.45, 7) is 0. The van der Waals surface area contributed by atoms with Crippen molar-refractivity contribution in [3.05, 3.63) is 34.4 Å². The molecule has 6 heteroatoms. The smallest absolute Gasteiger partial charge is 0.354 e. The maximum Gasteiger partial charge on any atom is 0.354 e. The maximum atomic E-state index is 10.9. The minimum atomic E-state index is -1.08. The lowest BCUT2D eigenvalue weighted by Crippen LogP contribution is -1.99. The van der Waals surface area contributed by atoms with Gasteiger partial charge in [-0.05, 0) is 12.1 Å². The number of aromatic nitrogens is 2. The Morgan fingerprint density at radius 1 is 1.38 bits per heavy atom. The highest BCUT2D eigenvalue weighted by Crippen LogP contribution is 2.24. The zero-order valence-corrected chi connectivity index (χ0v) is 9.65. The molecule has 16 heavy (non-hydrogen) atoms. The number of anilines is 1. The topological polar surface area (TPSA) is 92.0 Å². The molecule has 0 saturated heterocycles. The van der Waals surface area contributed by atoms with Crippen LogP contribution in [0.25, 0.3) is 11.3 Å². The second-order valence-electron chi connectivity index (χ2n) is 3.16. The normalized spacial score (nSPS) is 10.3. The quantitative estimate of drug-likeness (QED) is 0.786. The summed E-state index contributed by atoms with van der Waals surface area (Å²) in [7, 11) is 0. The SMILES string of the molecule is Nc1nc(-c2ccc(Br)cc2)c(C(=O)O)[nH]1. The van der Waals surface area contributed by atoms with Crippen molar-refractivity contribution in [3.63, 3.8) is 0 Å². The molecule has 4 N–H and O–H groups in total. The molecule has 1 aromatic carbocycles. The molecule has 0 radical (unpaired) electrons. The molecule has 1 heterocycles. The zero-order chi connectivity index (χ0) is 11.7. The molecule has 0 saturated carbocycles. The maximum absolute atomic E-state index is 10.9. The third-order valence-corrected chi connectivity index (χ3v) is 2.58. The fourth-order valence-corrected chi connectivity index (χ4v) is 1.63. The zero-order valence-electron chi connectivity index (χ0n) is 8.07. The lowest BCUT2D eigenvalue weighted by molar-refractivity contribution is 0.0692. The molecule has 0 amide bonds. The molecule has 2 rings (SSSR count). The van der Waals surface area contributed by atoms with E-state index in [9.17, 15) is 4.79 Å². The third-order valence-electron chi connectivity index (χ3n) is 2.05. The lowest BCUT2D eigenvalue weighted by atomic mass is 10.1. The number of nitrogens with zero attached hydrogens (tertiary/aromatic N) is 1. The van der Waals surface area contributed by atoms with E-state index in [2.05, 4.69) is 25.9 Å². The number of imidazole rings is 1. The fourth-order valence-electron chi connectivity index (χ4n) is 1.36. The number of rotatable bonds is 2. The minimum Gasteiger partial charge on any atom is -0.477 e. The van der Waals surface area contributed by atoms with Crippen molar-refractivity contribution in [3.8, 4) is 11.3 Å². The van der Waals surface area contributed by atoms with Gasteiger partial charge in [0, 0.05) is 10.0 Å². The van der Waals surface area contributed by atoms with Gasteiger partial charge in [-0.2, -0.15) is 0 Å². The minimum absolute atomic E-state index is 0.000164. The summed E-state index contributed by atoms with van der Waals surface area (Å²) < 4.78 is 0.914. The number of aromatic amines is 1. The van der Waals surface area contributed by atoms with Crippen LogP contribution in [-0.4, -0.2) is 21.0 Å². The van der Waals surface area contributed by atoms with Crippen LogP contribution in [0.1, 0.15) is 10.5 Å². The molecule has 0 atom stereocenters. The van der Waals surface area contributed by atoms with Crippen LogP contribution in [-0.2, 0) is 0 Å². The van der Waals surface area contributed by atoms with Gasteiger partial charge in [0.05, 0.1) is 0 Å². The first kappa shape index (κ1) is 10.7. The number of nitrogens with two attached hydrogens (primary N) is 1. The number of benzene rings is 1. The molecule has 0 aliphatic rings. The number of nitrogen functional groups attached to an aromatic ring is 1. The van der Waals surface area contributed by atoms with Gasteiger partial charge in [0.25, 0.3) is 0 Å². The summed E-state index contributed by atoms with van der Waals surface area (Å²) in [5.74, 6) is -0.988. The second-order valence-corrected chi connectivity index (χ2v) is 4.07. The Morgan fingerprint density at radius 2 is 2.00 bits per heavy atom. The van der Waals surface area contributed by atoms with Crippen LogP contribution in [0.15, 0.2) is 28.7 Å². The van der Waals surface area contributed by atoms with Crippen LogP contribution in [0, 0.1) is 0 Å². The van der Waals surface area contributed by atoms with E-state index in [4.69, 9.17) is 10.8 Å². The molecule has 82 valence electrons. The van der Waals surface area contributed by atoms with Crippen LogP contribution >= 0.6 is 15.9 Å². The largest absolute Gasteiger partial charge is 0.477 e. The molecule has 0 bridgehead atoms. The van der Waals surface area contributed by atoms with Crippen molar-refractivity contribution in [2.24, 2.45) is 0 Å². The molecule has 0 spiro atoms. The first-order valence-corrected chi connectivity index (χ1v) is 5.22. The van der Waals surface area contributed by atoms with Crippen molar-refractivity contribution in [2.45, 2.75) is 0 Å². The number of hydrogen-bond donors (Lipinski definition) is 3. The predicted molar refractivity (Wildman–Crippen MR) is 63.1 cm³/mol. The number of H-pyrrole nitrogens is 1. The molecular formula is C10H8BrN3O2. The Hall–Kier alpha value is -1.82. The fraction of sp³-hybridized carbons (Fsp3) is 0. The van der Waals surface area contributed by atoms with Crippen LogP contribution in [0.3, 0.4) is 0 Å². The Bertz CT molecular complexity index is 533. The van der Waals surface area contributed by atoms with E-state index in [1.165, 1.54) is 0 Å². The number of halogens is 1. The lowest BCUT2D eigenvalue weighted by Gasteiger charge is -1.98. The number of carbonyl (C=O) groups is 1. The average molecular weight is 282 g/mol. The molecule has 0 aliphatic heterocycles. The Balaban J connectivity index is 2.55. The molecule has 0 unspecified atom stereocenters. The summed E-state index contributed by atoms with van der Waals surface area (Å²) in [5.41, 5.74) is 6.49. The van der Waals surface area contributed by atoms with Crippen molar-refractivity contribution < 1.29 is 9.90 Å². The van der Waals surface area contributed by atoms with E-state index in [0.29, 0.717) is 11.3 Å². The summed E-state index contributed by atoms with van der Waals surface area (Å²) in [5, 5.41) is 8.96. The monoisotopic (exact) mass is 281 g/mol. The highest BCUT2D eigenvalue weighted by atomic mass is 79.9. The van der Waals surface area contributed by atoms with Crippen molar-refractivity contribution in [1.29, 1.82) is 0 Å². The van der Waals surface area contributed by atoms with E-state index in [1.54, 1.807) is 12.1 Å². The van der Waals surface area contributed by atoms with E-state index >= 15 is 0 Å². The number of nitrogens with one attached hydrogen (secondary N) is 1. The molecule has 5 nitrogen and oxygen atoms in total. The van der Waals surface area contributed by atoms with Gasteiger partial charge in [-0.3, -0.25) is 0 Å². The number of carboxylic acid groups (broad SMARTS) is 1. The Labute approximate surface area is 99.4 Å². The van der Waals surface area contributed by atoms with E-state index in [0.717, 1.165) is 4.47 Å². The number of aromatic carboxylic acids is 1. The van der Waals surface area contributed by atoms with E-state index in [-0.39, 0.29) is 11.6 Å². The van der Waals surface area contributed by atoms with Crippen molar-refractivity contribution in [1.82, 2.24) is 9.97 Å².